The van der Waals surface area contributed by atoms with Gasteiger partial charge < -0.3 is 33.3 Å². The van der Waals surface area contributed by atoms with Crippen molar-refractivity contribution in [3.8, 4) is 5.75 Å². The number of carbonyl (C=O) groups is 2. The lowest BCUT2D eigenvalue weighted by Gasteiger charge is -2.32. The molecule has 57 heavy (non-hydrogen) atoms. The second-order valence-electron chi connectivity index (χ2n) is 16.5. The van der Waals surface area contributed by atoms with E-state index in [-0.39, 0.29) is 37.3 Å². The van der Waals surface area contributed by atoms with Crippen LogP contribution in [0.1, 0.15) is 91.5 Å². The first-order valence-corrected chi connectivity index (χ1v) is 20.2. The maximum atomic E-state index is 14.6. The van der Waals surface area contributed by atoms with Crippen LogP contribution >= 0.6 is 22.6 Å². The highest BCUT2D eigenvalue weighted by molar-refractivity contribution is 14.1. The number of rotatable bonds is 12. The second kappa shape index (κ2) is 17.7. The molecule has 310 valence electrons. The molecule has 11 nitrogen and oxygen atoms in total. The number of aromatic nitrogens is 2. The summed E-state index contributed by atoms with van der Waals surface area (Å²) in [5.74, 6) is 0.215. The molecule has 0 saturated carbocycles. The Hall–Kier alpha value is -3.61. The molecule has 0 spiro atoms. The van der Waals surface area contributed by atoms with Crippen molar-refractivity contribution in [2.75, 3.05) is 40.4 Å². The van der Waals surface area contributed by atoms with E-state index < -0.39 is 42.6 Å². The van der Waals surface area contributed by atoms with Crippen LogP contribution in [0.3, 0.4) is 0 Å². The number of nitrogens with zero attached hydrogens (tertiary/aromatic N) is 4. The summed E-state index contributed by atoms with van der Waals surface area (Å²) in [6.45, 7) is 13.5. The van der Waals surface area contributed by atoms with E-state index in [4.69, 9.17) is 28.6 Å². The molecule has 1 atom stereocenters. The molecule has 2 saturated heterocycles. The van der Waals surface area contributed by atoms with E-state index in [2.05, 4.69) is 22.6 Å². The lowest BCUT2D eigenvalue weighted by molar-refractivity contribution is -0.126. The molecule has 2 aliphatic heterocycles. The minimum atomic E-state index is -4.58. The first-order chi connectivity index (χ1) is 26.5. The number of allylic oxidation sites excluding steroid dienone is 1. The Balaban J connectivity index is 1.50. The molecule has 5 rings (SSSR count). The summed E-state index contributed by atoms with van der Waals surface area (Å²) in [5.41, 5.74) is -0.371. The largest absolute Gasteiger partial charge is 0.492 e. The first kappa shape index (κ1) is 44.5. The van der Waals surface area contributed by atoms with E-state index in [0.29, 0.717) is 32.8 Å². The summed E-state index contributed by atoms with van der Waals surface area (Å²) in [7, 11) is 1.98. The van der Waals surface area contributed by atoms with Crippen LogP contribution in [0.2, 0.25) is 0 Å². The van der Waals surface area contributed by atoms with Crippen LogP contribution in [0.4, 0.5) is 18.0 Å². The highest BCUT2D eigenvalue weighted by Crippen LogP contribution is 2.44. The van der Waals surface area contributed by atoms with Crippen molar-refractivity contribution in [3.05, 3.63) is 74.9 Å². The number of amides is 2. The van der Waals surface area contributed by atoms with Crippen LogP contribution in [-0.2, 0) is 23.6 Å². The Labute approximate surface area is 347 Å². The fourth-order valence-corrected chi connectivity index (χ4v) is 7.09. The van der Waals surface area contributed by atoms with Crippen molar-refractivity contribution in [2.24, 2.45) is 0 Å². The van der Waals surface area contributed by atoms with Gasteiger partial charge in [-0.2, -0.15) is 18.3 Å². The van der Waals surface area contributed by atoms with Crippen LogP contribution < -0.4 is 4.74 Å². The Kier molecular flexibility index (Phi) is 13.8. The van der Waals surface area contributed by atoms with Crippen molar-refractivity contribution < 1.29 is 46.3 Å². The number of hydrogen-bond donors (Lipinski definition) is 0. The number of likely N-dealkylation sites (N-methyl/N-ethyl adjacent to an activating group) is 1. The van der Waals surface area contributed by atoms with Crippen molar-refractivity contribution in [3.63, 3.8) is 0 Å². The molecular weight excluding hydrogens is 855 g/mol. The molecule has 0 aliphatic carbocycles. The third-order valence-electron chi connectivity index (χ3n) is 10.1. The molecule has 2 aromatic carbocycles. The third-order valence-corrected chi connectivity index (χ3v) is 10.9. The molecule has 16 heteroatoms. The van der Waals surface area contributed by atoms with Crippen molar-refractivity contribution in [2.45, 2.75) is 103 Å². The van der Waals surface area contributed by atoms with E-state index >= 15 is 0 Å². The lowest BCUT2D eigenvalue weighted by Crippen LogP contribution is -2.41. The Bertz CT molecular complexity index is 1950. The number of ether oxygens (including phenoxy) is 3. The van der Waals surface area contributed by atoms with Gasteiger partial charge in [-0.05, 0) is 137 Å². The zero-order valence-corrected chi connectivity index (χ0v) is 36.3. The summed E-state index contributed by atoms with van der Waals surface area (Å²) >= 11 is 2.16. The fourth-order valence-electron chi connectivity index (χ4n) is 6.43. The molecule has 3 aromatic rings. The van der Waals surface area contributed by atoms with Crippen LogP contribution in [-0.4, -0.2) is 102 Å². The topological polar surface area (TPSA) is 105 Å². The number of carbonyl (C=O) groups excluding carboxylic acids is 2. The highest BCUT2D eigenvalue weighted by Gasteiger charge is 2.54. The van der Waals surface area contributed by atoms with E-state index in [0.717, 1.165) is 30.2 Å². The van der Waals surface area contributed by atoms with Gasteiger partial charge in [0, 0.05) is 38.7 Å². The van der Waals surface area contributed by atoms with Gasteiger partial charge in [0.05, 0.1) is 29.7 Å². The minimum absolute atomic E-state index is 0.0546. The van der Waals surface area contributed by atoms with Crippen LogP contribution in [0.5, 0.6) is 5.75 Å². The molecule has 2 fully saturated rings. The van der Waals surface area contributed by atoms with Crippen LogP contribution in [0, 0.1) is 3.70 Å². The normalized spacial score (nSPS) is 18.8. The van der Waals surface area contributed by atoms with Gasteiger partial charge >= 0.3 is 19.4 Å². The van der Waals surface area contributed by atoms with Gasteiger partial charge in [0.15, 0.2) is 6.23 Å². The lowest BCUT2D eigenvalue weighted by atomic mass is 9.70. The Morgan fingerprint density at radius 2 is 1.67 bits per heavy atom. The summed E-state index contributed by atoms with van der Waals surface area (Å²) in [6, 6.07) is 12.3. The number of halogens is 4. The third kappa shape index (κ3) is 11.3. The quantitative estimate of drug-likeness (QED) is 0.101. The minimum Gasteiger partial charge on any atom is -0.492 e. The number of hydrogen-bond acceptors (Lipinski definition) is 8. The summed E-state index contributed by atoms with van der Waals surface area (Å²) in [4.78, 5) is 27.9. The Morgan fingerprint density at radius 1 is 1.02 bits per heavy atom. The Morgan fingerprint density at radius 3 is 2.25 bits per heavy atom. The molecule has 2 amide bonds. The molecule has 0 N–H and O–H groups in total. The zero-order valence-electron chi connectivity index (χ0n) is 34.2. The van der Waals surface area contributed by atoms with Crippen molar-refractivity contribution >= 4 is 58.2 Å². The molecule has 1 unspecified atom stereocenters. The number of fused-ring (bicyclic) bond motifs is 1. The molecule has 0 radical (unpaired) electrons. The maximum Gasteiger partial charge on any atom is 0.491 e. The fraction of sp³-hybridized carbons (Fsp3) is 0.537. The highest BCUT2D eigenvalue weighted by atomic mass is 127. The average molecular weight is 909 g/mol. The standard InChI is InChI=1S/C41H53BF3IN4O7/c1-38(2,3)55-37(52)49(21-12-13-33(51)48(8)9)22-24-53-29-18-15-27(16-19-29)35(31(26-41(43,44)45)42-56-39(4,5)40(6,7)57-42)28-17-20-32-30(25-28)36(46)47-50(32)34-14-10-11-23-54-34/h12-13,15-20,25,34H,10-11,14,21-24,26H2,1-9H3/b13-12+,35-31+. The molecule has 3 heterocycles. The SMILES string of the molecule is CN(C)C(=O)/C=C/CN(CCOc1ccc(/C(=C(/CC(F)(F)F)B2OC(C)(C)C(C)(C)O2)c2ccc3c(c2)c(I)nn3C2CCCCO2)cc1)C(=O)OC(C)(C)C. The van der Waals surface area contributed by atoms with E-state index in [1.165, 1.54) is 15.9 Å². The van der Waals surface area contributed by atoms with Gasteiger partial charge in [0.25, 0.3) is 0 Å². The molecule has 0 bridgehead atoms. The van der Waals surface area contributed by atoms with Gasteiger partial charge in [-0.15, -0.1) is 0 Å². The monoisotopic (exact) mass is 908 g/mol. The second-order valence-corrected chi connectivity index (χ2v) is 17.5. The van der Waals surface area contributed by atoms with Crippen LogP contribution in [0.15, 0.2) is 60.1 Å². The average Bonchev–Trinajstić information content (AvgIpc) is 3.56. The van der Waals surface area contributed by atoms with Gasteiger partial charge in [0.1, 0.15) is 21.7 Å². The predicted octanol–water partition coefficient (Wildman–Crippen LogP) is 8.99. The van der Waals surface area contributed by atoms with Crippen molar-refractivity contribution in [1.82, 2.24) is 19.6 Å². The van der Waals surface area contributed by atoms with Gasteiger partial charge in [-0.1, -0.05) is 24.3 Å². The molecule has 2 aliphatic rings. The van der Waals surface area contributed by atoms with Gasteiger partial charge in [-0.25, -0.2) is 9.48 Å². The van der Waals surface area contributed by atoms with E-state index in [1.807, 2.05) is 50.6 Å². The van der Waals surface area contributed by atoms with E-state index in [9.17, 15) is 22.8 Å². The summed E-state index contributed by atoms with van der Waals surface area (Å²) < 4.78 is 76.5. The number of benzene rings is 2. The molecule has 1 aromatic heterocycles. The van der Waals surface area contributed by atoms with Gasteiger partial charge in [0.2, 0.25) is 5.91 Å². The smallest absolute Gasteiger partial charge is 0.491 e. The summed E-state index contributed by atoms with van der Waals surface area (Å²) in [5, 5.41) is 5.57. The zero-order chi connectivity index (χ0) is 41.9. The van der Waals surface area contributed by atoms with Gasteiger partial charge in [-0.3, -0.25) is 4.79 Å². The molecular formula is C41H53BF3IN4O7. The number of alkyl halides is 3. The first-order valence-electron chi connectivity index (χ1n) is 19.1. The van der Waals surface area contributed by atoms with Crippen LogP contribution in [0.25, 0.3) is 16.5 Å². The maximum absolute atomic E-state index is 14.6. The summed E-state index contributed by atoms with van der Waals surface area (Å²) in [6.07, 6.45) is -0.848. The van der Waals surface area contributed by atoms with Crippen molar-refractivity contribution in [1.29, 1.82) is 0 Å². The van der Waals surface area contributed by atoms with E-state index in [1.54, 1.807) is 65.2 Å². The predicted molar refractivity (Wildman–Crippen MR) is 222 cm³/mol.